The van der Waals surface area contributed by atoms with Gasteiger partial charge in [-0.3, -0.25) is 9.52 Å². The molecule has 0 radical (unpaired) electrons. The zero-order valence-corrected chi connectivity index (χ0v) is 17.1. The van der Waals surface area contributed by atoms with Crippen LogP contribution in [0.1, 0.15) is 15.9 Å². The molecule has 7 nitrogen and oxygen atoms in total. The molecule has 156 valence electrons. The van der Waals surface area contributed by atoms with Crippen molar-refractivity contribution in [2.24, 2.45) is 0 Å². The van der Waals surface area contributed by atoms with Gasteiger partial charge in [-0.1, -0.05) is 18.1 Å². The highest BCUT2D eigenvalue weighted by Crippen LogP contribution is 2.32. The summed E-state index contributed by atoms with van der Waals surface area (Å²) in [5.74, 6) is 2.98. The minimum atomic E-state index is -3.90. The lowest BCUT2D eigenvalue weighted by molar-refractivity contribution is 0.102. The second kappa shape index (κ2) is 8.42. The fourth-order valence-electron chi connectivity index (χ4n) is 3.02. The molecule has 8 heteroatoms. The number of ether oxygens (including phenoxy) is 2. The first kappa shape index (κ1) is 20.3. The van der Waals surface area contributed by atoms with Crippen molar-refractivity contribution in [1.82, 2.24) is 0 Å². The number of amides is 1. The van der Waals surface area contributed by atoms with E-state index in [1.54, 1.807) is 48.5 Å². The van der Waals surface area contributed by atoms with Gasteiger partial charge < -0.3 is 14.8 Å². The third-order valence-electron chi connectivity index (χ3n) is 4.49. The molecule has 3 aromatic rings. The highest BCUT2D eigenvalue weighted by Gasteiger charge is 2.20. The number of hydrogen-bond acceptors (Lipinski definition) is 5. The van der Waals surface area contributed by atoms with E-state index in [9.17, 15) is 13.2 Å². The number of anilines is 2. The molecular formula is C23H18N2O5S. The summed E-state index contributed by atoms with van der Waals surface area (Å²) < 4.78 is 39.0. The summed E-state index contributed by atoms with van der Waals surface area (Å²) in [6, 6.07) is 17.5. The summed E-state index contributed by atoms with van der Waals surface area (Å²) >= 11 is 0. The first-order valence-corrected chi connectivity index (χ1v) is 10.8. The van der Waals surface area contributed by atoms with Crippen LogP contribution in [-0.4, -0.2) is 27.5 Å². The van der Waals surface area contributed by atoms with Gasteiger partial charge in [-0.05, 0) is 48.5 Å². The first-order valence-electron chi connectivity index (χ1n) is 9.35. The van der Waals surface area contributed by atoms with Crippen LogP contribution in [0.3, 0.4) is 0 Å². The second-order valence-electron chi connectivity index (χ2n) is 6.67. The molecule has 31 heavy (non-hydrogen) atoms. The van der Waals surface area contributed by atoms with Gasteiger partial charge in [0, 0.05) is 28.6 Å². The van der Waals surface area contributed by atoms with Crippen molar-refractivity contribution in [3.05, 3.63) is 77.9 Å². The highest BCUT2D eigenvalue weighted by atomic mass is 32.2. The minimum absolute atomic E-state index is 0.0257. The number of sulfonamides is 1. The molecule has 0 spiro atoms. The summed E-state index contributed by atoms with van der Waals surface area (Å²) in [5.41, 5.74) is 1.72. The zero-order valence-electron chi connectivity index (χ0n) is 16.3. The Kier molecular flexibility index (Phi) is 5.52. The number of carbonyl (C=O) groups excluding carboxylic acids is 1. The Labute approximate surface area is 180 Å². The molecule has 0 fully saturated rings. The van der Waals surface area contributed by atoms with Crippen LogP contribution in [0.25, 0.3) is 0 Å². The van der Waals surface area contributed by atoms with Crippen molar-refractivity contribution in [1.29, 1.82) is 0 Å². The Bertz CT molecular complexity index is 1300. The van der Waals surface area contributed by atoms with E-state index in [-0.39, 0.29) is 16.1 Å². The van der Waals surface area contributed by atoms with Crippen molar-refractivity contribution in [2.45, 2.75) is 4.90 Å². The molecule has 0 unspecified atom stereocenters. The summed E-state index contributed by atoms with van der Waals surface area (Å²) in [7, 11) is -3.90. The summed E-state index contributed by atoms with van der Waals surface area (Å²) in [5, 5.41) is 2.75. The summed E-state index contributed by atoms with van der Waals surface area (Å²) in [6.45, 7) is 0.768. The number of benzene rings is 3. The Balaban J connectivity index is 1.52. The average molecular weight is 434 g/mol. The topological polar surface area (TPSA) is 93.7 Å². The summed E-state index contributed by atoms with van der Waals surface area (Å²) in [4.78, 5) is 12.6. The predicted octanol–water partition coefficient (Wildman–Crippen LogP) is 3.49. The number of nitrogens with one attached hydrogen (secondary N) is 2. The fraction of sp³-hybridized carbons (Fsp3) is 0.0870. The van der Waals surface area contributed by atoms with Crippen LogP contribution >= 0.6 is 0 Å². The van der Waals surface area contributed by atoms with Crippen LogP contribution in [0, 0.1) is 12.3 Å². The van der Waals surface area contributed by atoms with Gasteiger partial charge in [-0.25, -0.2) is 8.42 Å². The van der Waals surface area contributed by atoms with Gasteiger partial charge in [0.15, 0.2) is 11.5 Å². The maximum atomic E-state index is 12.8. The molecular weight excluding hydrogens is 416 g/mol. The quantitative estimate of drug-likeness (QED) is 0.600. The lowest BCUT2D eigenvalue weighted by atomic mass is 10.1. The molecule has 1 aliphatic heterocycles. The van der Waals surface area contributed by atoms with E-state index >= 15 is 0 Å². The highest BCUT2D eigenvalue weighted by molar-refractivity contribution is 7.92. The van der Waals surface area contributed by atoms with Crippen molar-refractivity contribution in [2.75, 3.05) is 23.3 Å². The van der Waals surface area contributed by atoms with Gasteiger partial charge in [0.25, 0.3) is 15.9 Å². The molecule has 0 saturated heterocycles. The van der Waals surface area contributed by atoms with Crippen LogP contribution in [0.15, 0.2) is 71.6 Å². The van der Waals surface area contributed by atoms with Crippen molar-refractivity contribution >= 4 is 27.3 Å². The lowest BCUT2D eigenvalue weighted by Gasteiger charge is -2.19. The van der Waals surface area contributed by atoms with Crippen LogP contribution in [0.4, 0.5) is 11.4 Å². The normalized spacial score (nSPS) is 12.5. The lowest BCUT2D eigenvalue weighted by Crippen LogP contribution is -2.17. The minimum Gasteiger partial charge on any atom is -0.486 e. The molecule has 1 amide bonds. The monoisotopic (exact) mass is 434 g/mol. The van der Waals surface area contributed by atoms with Gasteiger partial charge in [-0.15, -0.1) is 6.42 Å². The Morgan fingerprint density at radius 3 is 2.45 bits per heavy atom. The molecule has 0 atom stereocenters. The number of rotatable bonds is 5. The van der Waals surface area contributed by atoms with E-state index in [1.165, 1.54) is 18.2 Å². The second-order valence-corrected chi connectivity index (χ2v) is 8.35. The van der Waals surface area contributed by atoms with E-state index in [0.29, 0.717) is 36.0 Å². The van der Waals surface area contributed by atoms with Gasteiger partial charge in [-0.2, -0.15) is 0 Å². The third-order valence-corrected chi connectivity index (χ3v) is 5.87. The molecule has 1 aliphatic rings. The molecule has 1 heterocycles. The molecule has 0 bridgehead atoms. The Morgan fingerprint density at radius 1 is 0.903 bits per heavy atom. The average Bonchev–Trinajstić information content (AvgIpc) is 2.78. The van der Waals surface area contributed by atoms with Gasteiger partial charge >= 0.3 is 0 Å². The van der Waals surface area contributed by atoms with Crippen LogP contribution < -0.4 is 19.5 Å². The Morgan fingerprint density at radius 2 is 1.65 bits per heavy atom. The SMILES string of the molecule is C#Cc1cccc(NC(=O)c2cccc(NS(=O)(=O)c3ccc4c(c3)OCCO4)c2)c1. The van der Waals surface area contributed by atoms with Crippen molar-refractivity contribution in [3.63, 3.8) is 0 Å². The molecule has 0 aromatic heterocycles. The Hall–Kier alpha value is -3.96. The number of carbonyl (C=O) groups is 1. The number of terminal acetylenes is 1. The molecule has 2 N–H and O–H groups in total. The van der Waals surface area contributed by atoms with E-state index in [0.717, 1.165) is 0 Å². The van der Waals surface area contributed by atoms with E-state index in [1.807, 2.05) is 0 Å². The predicted molar refractivity (Wildman–Crippen MR) is 117 cm³/mol. The van der Waals surface area contributed by atoms with E-state index in [4.69, 9.17) is 15.9 Å². The van der Waals surface area contributed by atoms with E-state index < -0.39 is 15.9 Å². The molecule has 0 saturated carbocycles. The largest absolute Gasteiger partial charge is 0.486 e. The van der Waals surface area contributed by atoms with Gasteiger partial charge in [0.2, 0.25) is 0 Å². The van der Waals surface area contributed by atoms with Crippen LogP contribution in [-0.2, 0) is 10.0 Å². The smallest absolute Gasteiger partial charge is 0.262 e. The van der Waals surface area contributed by atoms with E-state index in [2.05, 4.69) is 16.0 Å². The molecule has 4 rings (SSSR count). The number of fused-ring (bicyclic) bond motifs is 1. The van der Waals surface area contributed by atoms with Crippen LogP contribution in [0.2, 0.25) is 0 Å². The van der Waals surface area contributed by atoms with Crippen molar-refractivity contribution < 1.29 is 22.7 Å². The van der Waals surface area contributed by atoms with Gasteiger partial charge in [0.1, 0.15) is 13.2 Å². The fourth-order valence-corrected chi connectivity index (χ4v) is 4.08. The maximum absolute atomic E-state index is 12.8. The molecule has 3 aromatic carbocycles. The first-order chi connectivity index (χ1) is 14.9. The zero-order chi connectivity index (χ0) is 21.8. The maximum Gasteiger partial charge on any atom is 0.262 e. The van der Waals surface area contributed by atoms with Crippen molar-refractivity contribution in [3.8, 4) is 23.8 Å². The molecule has 0 aliphatic carbocycles. The van der Waals surface area contributed by atoms with Gasteiger partial charge in [0.05, 0.1) is 4.90 Å². The third kappa shape index (κ3) is 4.63. The standard InChI is InChI=1S/C23H18N2O5S/c1-2-16-5-3-7-18(13-16)24-23(26)17-6-4-8-19(14-17)25-31(27,28)20-9-10-21-22(15-20)30-12-11-29-21/h1,3-10,13-15,25H,11-12H2,(H,24,26). The van der Waals surface area contributed by atoms with Crippen LogP contribution in [0.5, 0.6) is 11.5 Å². The number of hydrogen-bond donors (Lipinski definition) is 2. The summed E-state index contributed by atoms with van der Waals surface area (Å²) in [6.07, 6.45) is 5.38.